The molecule has 1 spiro atoms. The molecule has 7 nitrogen and oxygen atoms in total. The Morgan fingerprint density at radius 2 is 1.55 bits per heavy atom. The lowest BCUT2D eigenvalue weighted by Gasteiger charge is -2.40. The number of hydrogen-bond acceptors (Lipinski definition) is 5. The summed E-state index contributed by atoms with van der Waals surface area (Å²) in [6.45, 7) is 7.16. The maximum Gasteiger partial charge on any atom is 0.247 e. The van der Waals surface area contributed by atoms with Crippen LogP contribution in [-0.2, 0) is 20.9 Å². The van der Waals surface area contributed by atoms with Crippen molar-refractivity contribution < 1.29 is 19.5 Å². The number of rotatable bonds is 7. The van der Waals surface area contributed by atoms with Gasteiger partial charge in [0.15, 0.2) is 0 Å². The van der Waals surface area contributed by atoms with Crippen LogP contribution in [0.15, 0.2) is 85.0 Å². The fourth-order valence-corrected chi connectivity index (χ4v) is 9.65. The van der Waals surface area contributed by atoms with Gasteiger partial charge in [-0.05, 0) is 37.0 Å². The number of aliphatic hydroxyl groups is 1. The minimum Gasteiger partial charge on any atom is -0.394 e. The standard InChI is InChI=1S/C34H39N3O4S/c1-23(2)20-26(22-38)37-29-32(41)35(21-24-12-6-4-7-13-24)18-11-17-34(29)28(31(37)40)27-30(39)36(25-14-8-5-9-15-25)19-10-16-33(27,3)42-34/h4-17,23,26-29,38H,18-22H2,1-3H3/t26-,27-,28+,29?,33+,34+/m1/s1. The number of aliphatic hydroxyl groups excluding tert-OH is 1. The molecule has 0 aliphatic carbocycles. The monoisotopic (exact) mass is 585 g/mol. The first-order valence-electron chi connectivity index (χ1n) is 14.9. The number of likely N-dealkylation sites (tertiary alicyclic amines) is 1. The number of thioether (sulfide) groups is 1. The minimum absolute atomic E-state index is 0.104. The average molecular weight is 586 g/mol. The largest absolute Gasteiger partial charge is 0.394 e. The van der Waals surface area contributed by atoms with E-state index in [-0.39, 0.29) is 30.2 Å². The van der Waals surface area contributed by atoms with Crippen molar-refractivity contribution in [2.45, 2.75) is 55.3 Å². The molecule has 0 bridgehead atoms. The summed E-state index contributed by atoms with van der Waals surface area (Å²) in [6, 6.07) is 18.1. The van der Waals surface area contributed by atoms with Crippen LogP contribution >= 0.6 is 11.8 Å². The van der Waals surface area contributed by atoms with Crippen LogP contribution in [0.5, 0.6) is 0 Å². The molecule has 220 valence electrons. The SMILES string of the molecule is CC(C)C[C@H](CO)N1C(=O)[C@@H]2[C@@H]3C(=O)N(c4ccccc4)CC=C[C@]3(C)S[C@@]23C=CCN(Cc2ccccc2)C(=O)C13. The molecule has 2 fully saturated rings. The Morgan fingerprint density at radius 1 is 0.881 bits per heavy atom. The van der Waals surface area contributed by atoms with Gasteiger partial charge in [-0.3, -0.25) is 14.4 Å². The molecule has 2 saturated heterocycles. The first-order valence-corrected chi connectivity index (χ1v) is 15.7. The van der Waals surface area contributed by atoms with Crippen LogP contribution < -0.4 is 4.90 Å². The van der Waals surface area contributed by atoms with Crippen LogP contribution in [0, 0.1) is 17.8 Å². The fourth-order valence-electron chi connectivity index (χ4n) is 7.51. The van der Waals surface area contributed by atoms with Crippen molar-refractivity contribution in [1.82, 2.24) is 9.80 Å². The molecule has 6 rings (SSSR count). The van der Waals surface area contributed by atoms with Gasteiger partial charge < -0.3 is 19.8 Å². The molecule has 2 aromatic carbocycles. The summed E-state index contributed by atoms with van der Waals surface area (Å²) in [5.41, 5.74) is 1.80. The van der Waals surface area contributed by atoms with E-state index >= 15 is 0 Å². The number of anilines is 1. The van der Waals surface area contributed by atoms with Gasteiger partial charge in [0.25, 0.3) is 0 Å². The molecule has 6 atom stereocenters. The number of fused-ring (bicyclic) bond motifs is 2. The number of carbonyl (C=O) groups is 3. The van der Waals surface area contributed by atoms with Crippen molar-refractivity contribution in [3.8, 4) is 0 Å². The van der Waals surface area contributed by atoms with E-state index in [1.165, 1.54) is 0 Å². The molecule has 42 heavy (non-hydrogen) atoms. The van der Waals surface area contributed by atoms with Gasteiger partial charge in [-0.25, -0.2) is 0 Å². The number of nitrogens with zero attached hydrogens (tertiary/aromatic N) is 3. The molecule has 4 heterocycles. The summed E-state index contributed by atoms with van der Waals surface area (Å²) in [5, 5.41) is 10.6. The van der Waals surface area contributed by atoms with E-state index in [0.29, 0.717) is 26.1 Å². The van der Waals surface area contributed by atoms with Crippen molar-refractivity contribution in [2.75, 3.05) is 24.6 Å². The molecule has 1 N–H and O–H groups in total. The van der Waals surface area contributed by atoms with E-state index in [1.54, 1.807) is 21.6 Å². The minimum atomic E-state index is -0.941. The van der Waals surface area contributed by atoms with E-state index in [2.05, 4.69) is 19.9 Å². The molecule has 0 aromatic heterocycles. The first-order chi connectivity index (χ1) is 20.2. The van der Waals surface area contributed by atoms with Crippen LogP contribution in [-0.4, -0.2) is 73.9 Å². The third kappa shape index (κ3) is 4.60. The second kappa shape index (κ2) is 11.0. The van der Waals surface area contributed by atoms with Gasteiger partial charge in [-0.15, -0.1) is 11.8 Å². The maximum atomic E-state index is 14.8. The predicted octanol–water partition coefficient (Wildman–Crippen LogP) is 4.28. The Hall–Kier alpha value is -3.36. The highest BCUT2D eigenvalue weighted by atomic mass is 32.2. The van der Waals surface area contributed by atoms with Crippen LogP contribution in [0.2, 0.25) is 0 Å². The van der Waals surface area contributed by atoms with Crippen LogP contribution in [0.1, 0.15) is 32.8 Å². The normalized spacial score (nSPS) is 31.2. The topological polar surface area (TPSA) is 81.2 Å². The van der Waals surface area contributed by atoms with Crippen molar-refractivity contribution in [3.63, 3.8) is 0 Å². The highest BCUT2D eigenvalue weighted by molar-refractivity contribution is 8.02. The molecule has 4 aliphatic heterocycles. The van der Waals surface area contributed by atoms with Gasteiger partial charge in [-0.2, -0.15) is 0 Å². The molecule has 4 aliphatic rings. The Morgan fingerprint density at radius 3 is 2.21 bits per heavy atom. The maximum absolute atomic E-state index is 14.8. The van der Waals surface area contributed by atoms with E-state index in [1.807, 2.05) is 90.7 Å². The third-order valence-corrected chi connectivity index (χ3v) is 11.0. The molecule has 0 saturated carbocycles. The zero-order chi connectivity index (χ0) is 29.6. The van der Waals surface area contributed by atoms with E-state index in [9.17, 15) is 19.5 Å². The molecule has 2 aromatic rings. The Bertz CT molecular complexity index is 1410. The fraction of sp³-hybridized carbons (Fsp3) is 0.441. The highest BCUT2D eigenvalue weighted by Gasteiger charge is 2.74. The van der Waals surface area contributed by atoms with Crippen LogP contribution in [0.25, 0.3) is 0 Å². The zero-order valence-corrected chi connectivity index (χ0v) is 25.2. The van der Waals surface area contributed by atoms with Gasteiger partial charge in [0, 0.05) is 30.1 Å². The van der Waals surface area contributed by atoms with Crippen molar-refractivity contribution in [1.29, 1.82) is 0 Å². The summed E-state index contributed by atoms with van der Waals surface area (Å²) in [4.78, 5) is 49.2. The van der Waals surface area contributed by atoms with E-state index in [0.717, 1.165) is 11.3 Å². The number of amides is 3. The van der Waals surface area contributed by atoms with Gasteiger partial charge in [-0.1, -0.05) is 86.7 Å². The summed E-state index contributed by atoms with van der Waals surface area (Å²) in [5.74, 6) is -1.65. The zero-order valence-electron chi connectivity index (χ0n) is 24.4. The number of carbonyl (C=O) groups excluding carboxylic acids is 3. The number of hydrogen-bond donors (Lipinski definition) is 1. The van der Waals surface area contributed by atoms with Gasteiger partial charge in [0.2, 0.25) is 17.7 Å². The summed E-state index contributed by atoms with van der Waals surface area (Å²) in [6.07, 6.45) is 8.71. The lowest BCUT2D eigenvalue weighted by molar-refractivity contribution is -0.146. The van der Waals surface area contributed by atoms with Crippen molar-refractivity contribution >= 4 is 35.2 Å². The molecule has 1 unspecified atom stereocenters. The Balaban J connectivity index is 1.47. The van der Waals surface area contributed by atoms with Crippen LogP contribution in [0.3, 0.4) is 0 Å². The number of para-hydroxylation sites is 1. The molecular formula is C34H39N3O4S. The smallest absolute Gasteiger partial charge is 0.247 e. The summed E-state index contributed by atoms with van der Waals surface area (Å²) >= 11 is 1.58. The lowest BCUT2D eigenvalue weighted by Crippen LogP contribution is -2.56. The lowest BCUT2D eigenvalue weighted by atomic mass is 9.74. The number of benzene rings is 2. The molecule has 8 heteroatoms. The third-order valence-electron chi connectivity index (χ3n) is 9.21. The van der Waals surface area contributed by atoms with Gasteiger partial charge in [0.1, 0.15) is 6.04 Å². The molecule has 0 radical (unpaired) electrons. The average Bonchev–Trinajstić information content (AvgIpc) is 3.26. The first kappa shape index (κ1) is 28.7. The summed E-state index contributed by atoms with van der Waals surface area (Å²) in [7, 11) is 0. The predicted molar refractivity (Wildman–Crippen MR) is 166 cm³/mol. The van der Waals surface area contributed by atoms with Gasteiger partial charge >= 0.3 is 0 Å². The molecule has 3 amide bonds. The van der Waals surface area contributed by atoms with Crippen LogP contribution in [0.4, 0.5) is 5.69 Å². The Labute approximate surface area is 252 Å². The quantitative estimate of drug-likeness (QED) is 0.491. The second-order valence-corrected chi connectivity index (χ2v) is 14.3. The van der Waals surface area contributed by atoms with Crippen molar-refractivity contribution in [3.05, 3.63) is 90.5 Å². The summed E-state index contributed by atoms with van der Waals surface area (Å²) < 4.78 is -1.62. The molecular weight excluding hydrogens is 546 g/mol. The second-order valence-electron chi connectivity index (χ2n) is 12.5. The van der Waals surface area contributed by atoms with Gasteiger partial charge in [0.05, 0.1) is 29.2 Å². The van der Waals surface area contributed by atoms with E-state index < -0.39 is 33.4 Å². The van der Waals surface area contributed by atoms with E-state index in [4.69, 9.17) is 0 Å². The highest BCUT2D eigenvalue weighted by Crippen LogP contribution is 2.66. The Kier molecular flexibility index (Phi) is 7.56. The van der Waals surface area contributed by atoms with Crippen molar-refractivity contribution in [2.24, 2.45) is 17.8 Å².